The first-order valence-electron chi connectivity index (χ1n) is 10.6. The van der Waals surface area contributed by atoms with Crippen LogP contribution in [-0.4, -0.2) is 24.1 Å². The Labute approximate surface area is 201 Å². The van der Waals surface area contributed by atoms with Crippen LogP contribution >= 0.6 is 11.9 Å². The van der Waals surface area contributed by atoms with Crippen LogP contribution in [0.2, 0.25) is 0 Å². The number of anilines is 1. The third kappa shape index (κ3) is 5.28. The smallest absolute Gasteiger partial charge is 0.201 e. The fourth-order valence-corrected chi connectivity index (χ4v) is 4.00. The molecule has 34 heavy (non-hydrogen) atoms. The molecule has 5 nitrogen and oxygen atoms in total. The number of aromatic amines is 1. The molecule has 1 heterocycles. The van der Waals surface area contributed by atoms with Crippen LogP contribution < -0.4 is 4.72 Å². The maximum atomic E-state index is 15.3. The second kappa shape index (κ2) is 11.5. The number of ether oxygens (including phenoxy) is 1. The van der Waals surface area contributed by atoms with Gasteiger partial charge in [-0.2, -0.15) is 0 Å². The largest absolute Gasteiger partial charge is 0.494 e. The van der Waals surface area contributed by atoms with Crippen LogP contribution in [0.25, 0.3) is 11.8 Å². The minimum atomic E-state index is -0.970. The zero-order chi connectivity index (χ0) is 24.7. The van der Waals surface area contributed by atoms with Gasteiger partial charge in [0.1, 0.15) is 17.4 Å². The Hall–Kier alpha value is -3.65. The lowest BCUT2D eigenvalue weighted by atomic mass is 10.00. The number of benzene rings is 2. The second-order valence-corrected chi connectivity index (χ2v) is 7.93. The molecule has 0 saturated carbocycles. The molecule has 0 atom stereocenters. The van der Waals surface area contributed by atoms with Gasteiger partial charge in [-0.3, -0.25) is 4.79 Å². The Morgan fingerprint density at radius 3 is 2.56 bits per heavy atom. The number of halogens is 2. The minimum Gasteiger partial charge on any atom is -0.494 e. The highest BCUT2D eigenvalue weighted by Gasteiger charge is 2.25. The SMILES string of the molecule is C=Nc1[nH]cc(C(=O)c2c(F)ccc(NSc3ccc(/C(=C/C)OCC)cc3)c2F)c1/C=C\C. The number of aromatic nitrogens is 1. The molecule has 176 valence electrons. The van der Waals surface area contributed by atoms with Crippen molar-refractivity contribution in [2.45, 2.75) is 25.7 Å². The van der Waals surface area contributed by atoms with Crippen molar-refractivity contribution in [3.05, 3.63) is 88.6 Å². The van der Waals surface area contributed by atoms with Gasteiger partial charge in [0.05, 0.1) is 17.9 Å². The average Bonchev–Trinajstić information content (AvgIpc) is 3.25. The van der Waals surface area contributed by atoms with Crippen molar-refractivity contribution < 1.29 is 18.3 Å². The van der Waals surface area contributed by atoms with Crippen molar-refractivity contribution in [2.75, 3.05) is 11.3 Å². The van der Waals surface area contributed by atoms with Gasteiger partial charge in [-0.1, -0.05) is 24.3 Å². The Bertz CT molecular complexity index is 1250. The zero-order valence-corrected chi connectivity index (χ0v) is 19.9. The number of rotatable bonds is 10. The van der Waals surface area contributed by atoms with Crippen molar-refractivity contribution in [2.24, 2.45) is 4.99 Å². The molecule has 1 aromatic heterocycles. The number of ketones is 1. The van der Waals surface area contributed by atoms with Crippen molar-refractivity contribution in [3.8, 4) is 0 Å². The van der Waals surface area contributed by atoms with E-state index in [1.54, 1.807) is 19.1 Å². The second-order valence-electron chi connectivity index (χ2n) is 7.05. The standard InChI is InChI=1S/C26H25F2N3O2S/c1-5-8-18-19(15-30-26(18)29-4)25(32)23-20(27)13-14-21(24(23)28)31-34-17-11-9-16(10-12-17)22(6-2)33-7-3/h5-6,8-15,30-31H,4,7H2,1-3H3/b8-5-,22-6-. The third-order valence-electron chi connectivity index (χ3n) is 4.93. The molecule has 0 bridgehead atoms. The van der Waals surface area contributed by atoms with Crippen LogP contribution in [-0.2, 0) is 4.74 Å². The molecule has 3 rings (SSSR count). The van der Waals surface area contributed by atoms with Gasteiger partial charge in [-0.05, 0) is 69.8 Å². The summed E-state index contributed by atoms with van der Waals surface area (Å²) < 4.78 is 38.3. The lowest BCUT2D eigenvalue weighted by Gasteiger charge is -2.12. The fraction of sp³-hybridized carbons (Fsp3) is 0.154. The van der Waals surface area contributed by atoms with Gasteiger partial charge in [0.2, 0.25) is 5.78 Å². The highest BCUT2D eigenvalue weighted by atomic mass is 32.2. The number of hydrogen-bond acceptors (Lipinski definition) is 5. The van der Waals surface area contributed by atoms with Crippen molar-refractivity contribution in [3.63, 3.8) is 0 Å². The predicted molar refractivity (Wildman–Crippen MR) is 136 cm³/mol. The summed E-state index contributed by atoms with van der Waals surface area (Å²) in [6.07, 6.45) is 6.60. The van der Waals surface area contributed by atoms with Gasteiger partial charge in [0.25, 0.3) is 0 Å². The van der Waals surface area contributed by atoms with Gasteiger partial charge in [-0.25, -0.2) is 13.8 Å². The molecule has 0 unspecified atom stereocenters. The van der Waals surface area contributed by atoms with Crippen LogP contribution in [0.1, 0.15) is 47.8 Å². The van der Waals surface area contributed by atoms with Gasteiger partial charge in [0.15, 0.2) is 5.82 Å². The van der Waals surface area contributed by atoms with Crippen LogP contribution in [0, 0.1) is 11.6 Å². The summed E-state index contributed by atoms with van der Waals surface area (Å²) in [5, 5.41) is 0. The number of H-pyrrole nitrogens is 1. The minimum absolute atomic E-state index is 0.00697. The van der Waals surface area contributed by atoms with E-state index in [1.807, 2.05) is 44.2 Å². The molecule has 0 spiro atoms. The molecule has 0 aliphatic heterocycles. The number of nitrogens with one attached hydrogen (secondary N) is 2. The van der Waals surface area contributed by atoms with Crippen molar-refractivity contribution >= 4 is 47.8 Å². The Morgan fingerprint density at radius 1 is 1.21 bits per heavy atom. The number of allylic oxidation sites excluding steroid dienone is 2. The zero-order valence-electron chi connectivity index (χ0n) is 19.1. The molecule has 0 fully saturated rings. The molecule has 2 aromatic carbocycles. The Morgan fingerprint density at radius 2 is 1.94 bits per heavy atom. The first-order valence-corrected chi connectivity index (χ1v) is 11.4. The maximum absolute atomic E-state index is 15.3. The van der Waals surface area contributed by atoms with Crippen LogP contribution in [0.5, 0.6) is 0 Å². The first kappa shape index (κ1) is 25.0. The van der Waals surface area contributed by atoms with Crippen LogP contribution in [0.15, 0.2) is 64.6 Å². The molecular weight excluding hydrogens is 456 g/mol. The lowest BCUT2D eigenvalue weighted by Crippen LogP contribution is -2.09. The van der Waals surface area contributed by atoms with E-state index in [1.165, 1.54) is 12.3 Å². The molecule has 0 radical (unpaired) electrons. The summed E-state index contributed by atoms with van der Waals surface area (Å²) >= 11 is 1.15. The summed E-state index contributed by atoms with van der Waals surface area (Å²) in [6.45, 7) is 9.59. The van der Waals surface area contributed by atoms with Crippen molar-refractivity contribution in [1.82, 2.24) is 4.98 Å². The summed E-state index contributed by atoms with van der Waals surface area (Å²) in [7, 11) is 0. The first-order chi connectivity index (χ1) is 16.4. The quantitative estimate of drug-likeness (QED) is 0.137. The maximum Gasteiger partial charge on any atom is 0.201 e. The van der Waals surface area contributed by atoms with E-state index in [0.29, 0.717) is 18.0 Å². The average molecular weight is 482 g/mol. The lowest BCUT2D eigenvalue weighted by molar-refractivity contribution is 0.103. The number of carbonyl (C=O) groups excluding carboxylic acids is 1. The number of carbonyl (C=O) groups is 1. The fourth-order valence-electron chi connectivity index (χ4n) is 3.34. The van der Waals surface area contributed by atoms with E-state index in [4.69, 9.17) is 4.74 Å². The molecule has 0 amide bonds. The molecule has 8 heteroatoms. The van der Waals surface area contributed by atoms with Crippen LogP contribution in [0.4, 0.5) is 20.3 Å². The van der Waals surface area contributed by atoms with E-state index in [9.17, 15) is 9.18 Å². The van der Waals surface area contributed by atoms with E-state index in [0.717, 1.165) is 34.2 Å². The number of aliphatic imine (C=N–C) groups is 1. The van der Waals surface area contributed by atoms with Crippen molar-refractivity contribution in [1.29, 1.82) is 0 Å². The molecule has 0 aliphatic carbocycles. The van der Waals surface area contributed by atoms with Gasteiger partial charge >= 0.3 is 0 Å². The summed E-state index contributed by atoms with van der Waals surface area (Å²) in [5.74, 6) is -1.58. The molecule has 0 aliphatic rings. The Balaban J connectivity index is 1.85. The summed E-state index contributed by atoms with van der Waals surface area (Å²) in [6, 6.07) is 9.83. The van der Waals surface area contributed by atoms with E-state index >= 15 is 4.39 Å². The van der Waals surface area contributed by atoms with E-state index < -0.39 is 23.0 Å². The summed E-state index contributed by atoms with van der Waals surface area (Å²) in [5.41, 5.74) is 0.795. The highest BCUT2D eigenvalue weighted by Crippen LogP contribution is 2.31. The number of hydrogen-bond donors (Lipinski definition) is 2. The topological polar surface area (TPSA) is 66.5 Å². The highest BCUT2D eigenvalue weighted by molar-refractivity contribution is 8.00. The summed E-state index contributed by atoms with van der Waals surface area (Å²) in [4.78, 5) is 20.5. The van der Waals surface area contributed by atoms with Crippen LogP contribution in [0.3, 0.4) is 0 Å². The van der Waals surface area contributed by atoms with Gasteiger partial charge < -0.3 is 14.4 Å². The monoisotopic (exact) mass is 481 g/mol. The third-order valence-corrected chi connectivity index (χ3v) is 5.76. The van der Waals surface area contributed by atoms with Gasteiger partial charge in [-0.15, -0.1) is 0 Å². The molecule has 0 saturated heterocycles. The predicted octanol–water partition coefficient (Wildman–Crippen LogP) is 7.41. The Kier molecular flexibility index (Phi) is 8.43. The molecular formula is C26H25F2N3O2S. The molecule has 3 aromatic rings. The normalized spacial score (nSPS) is 11.6. The molecule has 2 N–H and O–H groups in total. The van der Waals surface area contributed by atoms with Gasteiger partial charge in [0, 0.05) is 27.8 Å². The van der Waals surface area contributed by atoms with E-state index in [2.05, 4.69) is 21.4 Å². The van der Waals surface area contributed by atoms with E-state index in [-0.39, 0.29) is 11.3 Å². The number of nitrogens with zero attached hydrogens (tertiary/aromatic N) is 1.